The van der Waals surface area contributed by atoms with E-state index in [0.29, 0.717) is 17.5 Å². The summed E-state index contributed by atoms with van der Waals surface area (Å²) in [6, 6.07) is 7.47. The average Bonchev–Trinajstić information content (AvgIpc) is 3.37. The molecule has 2 N–H and O–H groups in total. The molecule has 1 aliphatic rings. The molecule has 0 aliphatic carbocycles. The van der Waals surface area contributed by atoms with Crippen LogP contribution in [0.4, 0.5) is 26.3 Å². The van der Waals surface area contributed by atoms with E-state index in [1.54, 1.807) is 12.1 Å². The number of benzene rings is 1. The average molecular weight is 496 g/mol. The Morgan fingerprint density at radius 1 is 1.00 bits per heavy atom. The second-order valence-electron chi connectivity index (χ2n) is 8.30. The number of aromatic nitrogens is 4. The minimum absolute atomic E-state index is 0.0122. The first kappa shape index (κ1) is 23.3. The van der Waals surface area contributed by atoms with Gasteiger partial charge in [0.25, 0.3) is 0 Å². The van der Waals surface area contributed by atoms with Crippen LogP contribution in [-0.2, 0) is 0 Å². The lowest BCUT2D eigenvalue weighted by Gasteiger charge is -2.30. The minimum Gasteiger partial charge on any atom is -0.406 e. The molecule has 1 fully saturated rings. The molecule has 1 aliphatic heterocycles. The Balaban J connectivity index is 1.56. The van der Waals surface area contributed by atoms with Crippen LogP contribution in [0, 0.1) is 0 Å². The molecular weight excluding hydrogens is 478 g/mol. The third-order valence-corrected chi connectivity index (χ3v) is 5.80. The Hall–Kier alpha value is -3.45. The van der Waals surface area contributed by atoms with E-state index in [-0.39, 0.29) is 41.7 Å². The third kappa shape index (κ3) is 4.73. The molecule has 0 radical (unpaired) electrons. The fourth-order valence-corrected chi connectivity index (χ4v) is 4.32. The maximum absolute atomic E-state index is 14.0. The lowest BCUT2D eigenvalue weighted by Crippen LogP contribution is -2.38. The maximum Gasteiger partial charge on any atom is 0.573 e. The van der Waals surface area contributed by atoms with Gasteiger partial charge in [0, 0.05) is 36.8 Å². The largest absolute Gasteiger partial charge is 0.573 e. The number of alkyl halides is 6. The number of fused-ring (bicyclic) bond motifs is 2. The maximum atomic E-state index is 14.0. The van der Waals surface area contributed by atoms with Gasteiger partial charge in [-0.3, -0.25) is 9.30 Å². The molecule has 0 spiro atoms. The Kier molecular flexibility index (Phi) is 5.55. The highest BCUT2D eigenvalue weighted by molar-refractivity contribution is 5.82. The zero-order valence-corrected chi connectivity index (χ0v) is 17.9. The quantitative estimate of drug-likeness (QED) is 0.420. The normalized spacial score (nSPS) is 18.4. The third-order valence-electron chi connectivity index (χ3n) is 5.80. The summed E-state index contributed by atoms with van der Waals surface area (Å²) in [6.07, 6.45) is -7.63. The summed E-state index contributed by atoms with van der Waals surface area (Å²) in [7, 11) is 0. The second kappa shape index (κ2) is 8.34. The van der Waals surface area contributed by atoms with Crippen molar-refractivity contribution in [3.8, 4) is 17.3 Å². The monoisotopic (exact) mass is 496 g/mol. The molecule has 3 aromatic heterocycles. The molecule has 2 atom stereocenters. The van der Waals surface area contributed by atoms with Gasteiger partial charge < -0.3 is 10.5 Å². The van der Waals surface area contributed by atoms with Crippen molar-refractivity contribution in [3.63, 3.8) is 0 Å². The van der Waals surface area contributed by atoms with Gasteiger partial charge in [-0.1, -0.05) is 12.1 Å². The van der Waals surface area contributed by atoms with Gasteiger partial charge in [0.15, 0.2) is 11.5 Å². The van der Waals surface area contributed by atoms with Crippen LogP contribution in [0.3, 0.4) is 0 Å². The van der Waals surface area contributed by atoms with Crippen LogP contribution >= 0.6 is 0 Å². The van der Waals surface area contributed by atoms with E-state index >= 15 is 0 Å². The van der Waals surface area contributed by atoms with Crippen molar-refractivity contribution >= 4 is 16.6 Å². The molecule has 5 rings (SSSR count). The number of pyridine rings is 2. The number of rotatable bonds is 4. The van der Waals surface area contributed by atoms with E-state index in [1.807, 2.05) is 0 Å². The van der Waals surface area contributed by atoms with Crippen molar-refractivity contribution in [2.75, 3.05) is 13.1 Å². The molecule has 184 valence electrons. The van der Waals surface area contributed by atoms with Crippen LogP contribution in [0.15, 0.2) is 48.7 Å². The van der Waals surface area contributed by atoms with E-state index in [2.05, 4.69) is 19.9 Å². The van der Waals surface area contributed by atoms with Gasteiger partial charge in [-0.05, 0) is 36.2 Å². The first-order valence-electron chi connectivity index (χ1n) is 10.6. The van der Waals surface area contributed by atoms with E-state index in [1.165, 1.54) is 33.7 Å². The second-order valence-corrected chi connectivity index (χ2v) is 8.30. The molecule has 35 heavy (non-hydrogen) atoms. The summed E-state index contributed by atoms with van der Waals surface area (Å²) in [4.78, 5) is 5.65. The molecule has 1 saturated heterocycles. The molecule has 4 aromatic rings. The van der Waals surface area contributed by atoms with Gasteiger partial charge >= 0.3 is 12.5 Å². The van der Waals surface area contributed by atoms with Crippen LogP contribution in [0.5, 0.6) is 5.75 Å². The van der Waals surface area contributed by atoms with Crippen molar-refractivity contribution in [1.29, 1.82) is 0 Å². The topological polar surface area (TPSA) is 81.6 Å². The molecule has 13 heteroatoms. The smallest absolute Gasteiger partial charge is 0.406 e. The first-order chi connectivity index (χ1) is 16.5. The van der Waals surface area contributed by atoms with Crippen molar-refractivity contribution in [3.05, 3.63) is 54.2 Å². The number of hydrogen-bond donors (Lipinski definition) is 1. The molecule has 0 saturated carbocycles. The van der Waals surface area contributed by atoms with Crippen LogP contribution in [0.2, 0.25) is 0 Å². The molecule has 1 aromatic carbocycles. The van der Waals surface area contributed by atoms with E-state index in [0.717, 1.165) is 12.1 Å². The summed E-state index contributed by atoms with van der Waals surface area (Å²) < 4.78 is 85.2. The first-order valence-corrected chi connectivity index (χ1v) is 10.6. The number of hydrogen-bond acceptors (Lipinski definition) is 6. The minimum atomic E-state index is -4.86. The Bertz CT molecular complexity index is 1380. The van der Waals surface area contributed by atoms with Crippen LogP contribution in [-0.4, -0.2) is 56.2 Å². The molecule has 7 nitrogen and oxygen atoms in total. The summed E-state index contributed by atoms with van der Waals surface area (Å²) in [5.41, 5.74) is 6.52. The summed E-state index contributed by atoms with van der Waals surface area (Å²) in [5, 5.41) is 8.59. The van der Waals surface area contributed by atoms with E-state index in [4.69, 9.17) is 5.73 Å². The van der Waals surface area contributed by atoms with Crippen molar-refractivity contribution < 1.29 is 31.1 Å². The highest BCUT2D eigenvalue weighted by atomic mass is 19.4. The molecule has 2 unspecified atom stereocenters. The zero-order valence-electron chi connectivity index (χ0n) is 17.9. The fourth-order valence-electron chi connectivity index (χ4n) is 4.32. The Morgan fingerprint density at radius 3 is 2.46 bits per heavy atom. The lowest BCUT2D eigenvalue weighted by atomic mass is 10.1. The Labute approximate surface area is 194 Å². The standard InChI is InChI=1S/C22H18F6N6O/c23-21(24,25)19(33-8-7-14(29)11-33)13-3-6-18-31-32-20(34(18)10-13)16-5-2-12-1-4-15(9-17(12)30-16)35-22(26,27)28/h1-6,9-10,14,19H,7-8,11,29H2. The van der Waals surface area contributed by atoms with Crippen molar-refractivity contribution in [1.82, 2.24) is 24.5 Å². The van der Waals surface area contributed by atoms with Gasteiger partial charge in [0.05, 0.1) is 5.52 Å². The number of nitrogens with zero attached hydrogens (tertiary/aromatic N) is 5. The fraction of sp³-hybridized carbons (Fsp3) is 0.318. The predicted molar refractivity (Wildman–Crippen MR) is 113 cm³/mol. The number of likely N-dealkylation sites (tertiary alicyclic amines) is 1. The molecule has 4 heterocycles. The van der Waals surface area contributed by atoms with Gasteiger partial charge in [-0.2, -0.15) is 13.2 Å². The predicted octanol–water partition coefficient (Wildman–Crippen LogP) is 4.48. The Morgan fingerprint density at radius 2 is 1.77 bits per heavy atom. The van der Waals surface area contributed by atoms with Crippen LogP contribution in [0.25, 0.3) is 28.1 Å². The van der Waals surface area contributed by atoms with Gasteiger partial charge in [-0.15, -0.1) is 23.4 Å². The number of nitrogens with two attached hydrogens (primary N) is 1. The van der Waals surface area contributed by atoms with Gasteiger partial charge in [0.1, 0.15) is 17.5 Å². The van der Waals surface area contributed by atoms with Gasteiger partial charge in [0.2, 0.25) is 0 Å². The highest BCUT2D eigenvalue weighted by Gasteiger charge is 2.46. The lowest BCUT2D eigenvalue weighted by molar-refractivity contribution is -0.274. The zero-order chi connectivity index (χ0) is 25.0. The van der Waals surface area contributed by atoms with Crippen molar-refractivity contribution in [2.24, 2.45) is 5.73 Å². The highest BCUT2D eigenvalue weighted by Crippen LogP contribution is 2.39. The summed E-state index contributed by atoms with van der Waals surface area (Å²) in [5.74, 6) is -0.301. The molecule has 0 bridgehead atoms. The molecule has 0 amide bonds. The number of ether oxygens (including phenoxy) is 1. The van der Waals surface area contributed by atoms with Gasteiger partial charge in [-0.25, -0.2) is 4.98 Å². The van der Waals surface area contributed by atoms with E-state index < -0.39 is 24.3 Å². The van der Waals surface area contributed by atoms with Crippen LogP contribution < -0.4 is 10.5 Å². The SMILES string of the molecule is NC1CCN(C(c2ccc3nnc(-c4ccc5ccc(OC(F)(F)F)cc5n4)n3c2)C(F)(F)F)C1. The van der Waals surface area contributed by atoms with Crippen molar-refractivity contribution in [2.45, 2.75) is 31.0 Å². The number of halogens is 6. The summed E-state index contributed by atoms with van der Waals surface area (Å²) in [6.45, 7) is 0.332. The summed E-state index contributed by atoms with van der Waals surface area (Å²) >= 11 is 0. The van der Waals surface area contributed by atoms with Crippen LogP contribution in [0.1, 0.15) is 18.0 Å². The molecular formula is C22H18F6N6O. The van der Waals surface area contributed by atoms with E-state index in [9.17, 15) is 26.3 Å².